The van der Waals surface area contributed by atoms with Gasteiger partial charge in [-0.3, -0.25) is 0 Å². The molecule has 14 heavy (non-hydrogen) atoms. The lowest BCUT2D eigenvalue weighted by atomic mass is 10.3. The highest BCUT2D eigenvalue weighted by Crippen LogP contribution is 2.24. The summed E-state index contributed by atoms with van der Waals surface area (Å²) in [6.45, 7) is -0.815. The third-order valence-electron chi connectivity index (χ3n) is 1.76. The second-order valence-electron chi connectivity index (χ2n) is 2.73. The molecule has 0 bridgehead atoms. The number of rotatable bonds is 2. The third kappa shape index (κ3) is 1.22. The van der Waals surface area contributed by atoms with Crippen LogP contribution in [0.4, 0.5) is 8.78 Å². The van der Waals surface area contributed by atoms with Crippen LogP contribution in [0.3, 0.4) is 0 Å². The highest BCUT2D eigenvalue weighted by atomic mass is 19.3. The van der Waals surface area contributed by atoms with Gasteiger partial charge >= 0.3 is 5.92 Å². The first-order valence-electron chi connectivity index (χ1n) is 3.90. The topological polar surface area (TPSA) is 69.1 Å². The number of hydrogen-bond acceptors (Lipinski definition) is 4. The van der Waals surface area contributed by atoms with E-state index in [-0.39, 0.29) is 5.65 Å². The molecule has 0 aliphatic rings. The van der Waals surface area contributed by atoms with Crippen LogP contribution in [0, 0.1) is 0 Å². The Balaban J connectivity index is 2.64. The zero-order valence-corrected chi connectivity index (χ0v) is 7.06. The Hall–Kier alpha value is -1.63. The summed E-state index contributed by atoms with van der Waals surface area (Å²) in [6, 6.07) is 3.13. The molecule has 2 rings (SSSR count). The predicted molar refractivity (Wildman–Crippen MR) is 43.7 cm³/mol. The van der Waals surface area contributed by atoms with Gasteiger partial charge in [-0.05, 0) is 12.1 Å². The Kier molecular flexibility index (Phi) is 1.88. The van der Waals surface area contributed by atoms with Crippen LogP contribution in [0.2, 0.25) is 0 Å². The van der Waals surface area contributed by atoms with E-state index in [2.05, 4.69) is 15.3 Å². The molecule has 0 atom stereocenters. The number of nitrogens with zero attached hydrogens (tertiary/aromatic N) is 4. The molecule has 5 nitrogen and oxygen atoms in total. The highest BCUT2D eigenvalue weighted by molar-refractivity contribution is 5.35. The predicted octanol–water partition coefficient (Wildman–Crippen LogP) is 0.175. The van der Waals surface area contributed by atoms with Gasteiger partial charge in [-0.25, -0.2) is 0 Å². The van der Waals surface area contributed by atoms with Crippen molar-refractivity contribution in [3.8, 4) is 0 Å². The molecule has 0 aliphatic heterocycles. The van der Waals surface area contributed by atoms with Gasteiger partial charge in [0.05, 0.1) is 6.54 Å². The van der Waals surface area contributed by atoms with E-state index < -0.39 is 18.3 Å². The molecule has 2 aromatic rings. The minimum absolute atomic E-state index is 0.274. The molecule has 0 unspecified atom stereocenters. The largest absolute Gasteiger partial charge is 0.325 e. The Labute approximate surface area is 77.5 Å². The van der Waals surface area contributed by atoms with E-state index in [9.17, 15) is 8.78 Å². The molecule has 0 fully saturated rings. The van der Waals surface area contributed by atoms with Gasteiger partial charge < -0.3 is 5.73 Å². The summed E-state index contributed by atoms with van der Waals surface area (Å²) in [6.07, 6.45) is 1.38. The molecule has 2 aromatic heterocycles. The second-order valence-corrected chi connectivity index (χ2v) is 2.73. The van der Waals surface area contributed by atoms with Crippen LogP contribution in [0.1, 0.15) is 5.82 Å². The maximum Gasteiger partial charge on any atom is 0.320 e. The van der Waals surface area contributed by atoms with Crippen LogP contribution in [0.15, 0.2) is 18.3 Å². The van der Waals surface area contributed by atoms with Crippen molar-refractivity contribution in [2.45, 2.75) is 5.92 Å². The number of hydrogen-bond donors (Lipinski definition) is 1. The van der Waals surface area contributed by atoms with E-state index in [1.54, 1.807) is 6.07 Å². The smallest absolute Gasteiger partial charge is 0.320 e. The summed E-state index contributed by atoms with van der Waals surface area (Å²) in [5.74, 6) is -3.73. The quantitative estimate of drug-likeness (QED) is 0.748. The molecule has 0 aromatic carbocycles. The van der Waals surface area contributed by atoms with Crippen LogP contribution >= 0.6 is 0 Å². The Morgan fingerprint density at radius 1 is 1.43 bits per heavy atom. The van der Waals surface area contributed by atoms with Crippen molar-refractivity contribution >= 4 is 5.65 Å². The molecule has 7 heteroatoms. The lowest BCUT2D eigenvalue weighted by Crippen LogP contribution is -2.28. The van der Waals surface area contributed by atoms with Crippen molar-refractivity contribution in [1.82, 2.24) is 19.8 Å². The van der Waals surface area contributed by atoms with Crippen molar-refractivity contribution in [3.05, 3.63) is 24.2 Å². The van der Waals surface area contributed by atoms with E-state index in [4.69, 9.17) is 5.73 Å². The van der Waals surface area contributed by atoms with E-state index in [1.807, 2.05) is 0 Å². The molecule has 0 aliphatic carbocycles. The number of alkyl halides is 2. The lowest BCUT2D eigenvalue weighted by Gasteiger charge is -2.09. The Morgan fingerprint density at radius 2 is 2.21 bits per heavy atom. The molecule has 2 N–H and O–H groups in total. The molecule has 2 heterocycles. The van der Waals surface area contributed by atoms with E-state index >= 15 is 0 Å². The number of nitrogens with two attached hydrogens (primary N) is 1. The SMILES string of the molecule is NCC(F)(F)c1nnc2cccnn12. The zero-order valence-electron chi connectivity index (χ0n) is 7.06. The van der Waals surface area contributed by atoms with Gasteiger partial charge in [0.2, 0.25) is 5.82 Å². The minimum atomic E-state index is -3.20. The zero-order chi connectivity index (χ0) is 10.2. The summed E-state index contributed by atoms with van der Waals surface area (Å²) < 4.78 is 27.3. The fourth-order valence-electron chi connectivity index (χ4n) is 1.06. The molecule has 0 amide bonds. The van der Waals surface area contributed by atoms with Crippen molar-refractivity contribution in [3.63, 3.8) is 0 Å². The molecular formula is C7H7F2N5. The normalized spacial score (nSPS) is 12.2. The molecule has 0 saturated heterocycles. The van der Waals surface area contributed by atoms with Gasteiger partial charge in [0.25, 0.3) is 0 Å². The molecule has 0 spiro atoms. The van der Waals surface area contributed by atoms with Crippen molar-refractivity contribution in [2.24, 2.45) is 5.73 Å². The summed E-state index contributed by atoms with van der Waals surface area (Å²) in [7, 11) is 0. The molecule has 0 radical (unpaired) electrons. The Bertz CT molecular complexity index is 452. The first-order chi connectivity index (χ1) is 6.65. The Morgan fingerprint density at radius 3 is 2.93 bits per heavy atom. The second kappa shape index (κ2) is 2.95. The van der Waals surface area contributed by atoms with Gasteiger partial charge in [0.15, 0.2) is 5.65 Å². The maximum absolute atomic E-state index is 13.2. The lowest BCUT2D eigenvalue weighted by molar-refractivity contribution is -0.00553. The van der Waals surface area contributed by atoms with Gasteiger partial charge in [-0.1, -0.05) is 0 Å². The standard InChI is InChI=1S/C7H7F2N5/c8-7(9,4-10)6-13-12-5-2-1-3-11-14(5)6/h1-3H,4,10H2. The summed E-state index contributed by atoms with van der Waals surface area (Å²) >= 11 is 0. The molecule has 0 saturated carbocycles. The average molecular weight is 199 g/mol. The van der Waals surface area contributed by atoms with Crippen LogP contribution in [0.5, 0.6) is 0 Å². The molecular weight excluding hydrogens is 192 g/mol. The summed E-state index contributed by atoms with van der Waals surface area (Å²) in [5.41, 5.74) is 5.20. The average Bonchev–Trinajstić information content (AvgIpc) is 2.61. The maximum atomic E-state index is 13.2. The van der Waals surface area contributed by atoms with Crippen molar-refractivity contribution < 1.29 is 8.78 Å². The molecule has 74 valence electrons. The fraction of sp³-hybridized carbons (Fsp3) is 0.286. The first kappa shape index (κ1) is 8.95. The van der Waals surface area contributed by atoms with Crippen LogP contribution in [-0.4, -0.2) is 26.4 Å². The van der Waals surface area contributed by atoms with Gasteiger partial charge in [0.1, 0.15) is 0 Å². The van der Waals surface area contributed by atoms with Crippen LogP contribution in [-0.2, 0) is 5.92 Å². The van der Waals surface area contributed by atoms with Crippen molar-refractivity contribution in [2.75, 3.05) is 6.54 Å². The third-order valence-corrected chi connectivity index (χ3v) is 1.76. The number of fused-ring (bicyclic) bond motifs is 1. The van der Waals surface area contributed by atoms with Crippen LogP contribution < -0.4 is 5.73 Å². The van der Waals surface area contributed by atoms with E-state index in [0.717, 1.165) is 4.52 Å². The van der Waals surface area contributed by atoms with E-state index in [0.29, 0.717) is 0 Å². The minimum Gasteiger partial charge on any atom is -0.325 e. The van der Waals surface area contributed by atoms with Crippen LogP contribution in [0.25, 0.3) is 5.65 Å². The first-order valence-corrected chi connectivity index (χ1v) is 3.90. The van der Waals surface area contributed by atoms with Gasteiger partial charge in [0, 0.05) is 6.20 Å². The van der Waals surface area contributed by atoms with Gasteiger partial charge in [-0.15, -0.1) is 10.2 Å². The highest BCUT2D eigenvalue weighted by Gasteiger charge is 2.35. The monoisotopic (exact) mass is 199 g/mol. The summed E-state index contributed by atoms with van der Waals surface area (Å²) in [5, 5.41) is 10.6. The van der Waals surface area contributed by atoms with Gasteiger partial charge in [-0.2, -0.15) is 18.4 Å². The van der Waals surface area contributed by atoms with Crippen molar-refractivity contribution in [1.29, 1.82) is 0 Å². The fourth-order valence-corrected chi connectivity index (χ4v) is 1.06. The van der Waals surface area contributed by atoms with E-state index in [1.165, 1.54) is 12.3 Å². The summed E-state index contributed by atoms with van der Waals surface area (Å²) in [4.78, 5) is 0. The number of halogens is 2. The number of aromatic nitrogens is 4.